The first-order valence-corrected chi connectivity index (χ1v) is 11.0. The number of benzene rings is 2. The smallest absolute Gasteiger partial charge is 0.253 e. The Bertz CT molecular complexity index is 920. The fraction of sp³-hybridized carbons (Fsp3) is 0.400. The predicted octanol–water partition coefficient (Wildman–Crippen LogP) is 2.92. The molecule has 0 saturated carbocycles. The Morgan fingerprint density at radius 2 is 1.62 bits per heavy atom. The molecule has 1 fully saturated rings. The molecule has 1 heterocycles. The predicted molar refractivity (Wildman–Crippen MR) is 125 cm³/mol. The van der Waals surface area contributed by atoms with Gasteiger partial charge in [0.1, 0.15) is 6.04 Å². The minimum Gasteiger partial charge on any atom is -0.345 e. The molecule has 2 N–H and O–H groups in total. The second kappa shape index (κ2) is 10.9. The van der Waals surface area contributed by atoms with Crippen LogP contribution in [-0.2, 0) is 9.59 Å². The van der Waals surface area contributed by atoms with Crippen molar-refractivity contribution < 1.29 is 14.4 Å². The summed E-state index contributed by atoms with van der Waals surface area (Å²) in [6.45, 7) is 3.69. The molecule has 2 aromatic carbocycles. The number of rotatable bonds is 7. The summed E-state index contributed by atoms with van der Waals surface area (Å²) in [5.41, 5.74) is 1.99. The number of piperidine rings is 1. The molecule has 0 bridgehead atoms. The number of carbonyl (C=O) groups excluding carboxylic acids is 3. The van der Waals surface area contributed by atoms with E-state index in [2.05, 4.69) is 17.6 Å². The van der Waals surface area contributed by atoms with E-state index in [0.717, 1.165) is 31.5 Å². The van der Waals surface area contributed by atoms with Crippen LogP contribution in [0.15, 0.2) is 54.6 Å². The summed E-state index contributed by atoms with van der Waals surface area (Å²) in [4.78, 5) is 41.2. The Balaban J connectivity index is 1.62. The van der Waals surface area contributed by atoms with Crippen LogP contribution in [-0.4, -0.2) is 61.3 Å². The van der Waals surface area contributed by atoms with Gasteiger partial charge in [-0.25, -0.2) is 0 Å². The molecule has 3 rings (SSSR count). The van der Waals surface area contributed by atoms with E-state index >= 15 is 0 Å². The van der Waals surface area contributed by atoms with Gasteiger partial charge in [-0.05, 0) is 48.6 Å². The summed E-state index contributed by atoms with van der Waals surface area (Å²) in [5.74, 6) is 0.286. The van der Waals surface area contributed by atoms with Gasteiger partial charge >= 0.3 is 0 Å². The van der Waals surface area contributed by atoms with Crippen LogP contribution in [0.3, 0.4) is 0 Å². The average molecular weight is 437 g/mol. The van der Waals surface area contributed by atoms with Gasteiger partial charge < -0.3 is 15.1 Å². The maximum absolute atomic E-state index is 13.2. The number of carbonyl (C=O) groups is 3. The molecule has 0 radical (unpaired) electrons. The van der Waals surface area contributed by atoms with Crippen molar-refractivity contribution in [3.63, 3.8) is 0 Å². The van der Waals surface area contributed by atoms with Crippen molar-refractivity contribution in [1.82, 2.24) is 15.1 Å². The number of nitrogens with zero attached hydrogens (tertiary/aromatic N) is 2. The Labute approximate surface area is 189 Å². The van der Waals surface area contributed by atoms with Crippen molar-refractivity contribution in [2.45, 2.75) is 25.8 Å². The number of nitrogens with one attached hydrogen (secondary N) is 2. The molecule has 1 aliphatic heterocycles. The summed E-state index contributed by atoms with van der Waals surface area (Å²) < 4.78 is 0. The first kappa shape index (κ1) is 23.5. The minimum atomic E-state index is -0.574. The average Bonchev–Trinajstić information content (AvgIpc) is 2.80. The van der Waals surface area contributed by atoms with Crippen LogP contribution >= 0.6 is 0 Å². The van der Waals surface area contributed by atoms with Crippen molar-refractivity contribution in [1.29, 1.82) is 0 Å². The fourth-order valence-corrected chi connectivity index (χ4v) is 3.76. The SMILES string of the molecule is CC1CCN(C(=O)[C@H](NCC(=O)Nc2ccc(C(=O)N(C)C)cc2)c2ccccc2)CC1. The van der Waals surface area contributed by atoms with Gasteiger partial charge in [-0.15, -0.1) is 0 Å². The zero-order valence-electron chi connectivity index (χ0n) is 19.0. The molecular weight excluding hydrogens is 404 g/mol. The Morgan fingerprint density at radius 3 is 2.22 bits per heavy atom. The molecule has 0 aromatic heterocycles. The third kappa shape index (κ3) is 6.17. The maximum atomic E-state index is 13.2. The molecule has 0 aliphatic carbocycles. The third-order valence-electron chi connectivity index (χ3n) is 5.76. The second-order valence-corrected chi connectivity index (χ2v) is 8.56. The van der Waals surface area contributed by atoms with Crippen LogP contribution in [0.1, 0.15) is 41.7 Å². The van der Waals surface area contributed by atoms with Crippen LogP contribution in [0.2, 0.25) is 0 Å². The molecule has 1 aliphatic rings. The van der Waals surface area contributed by atoms with Crippen LogP contribution in [0.5, 0.6) is 0 Å². The summed E-state index contributed by atoms with van der Waals surface area (Å²) >= 11 is 0. The van der Waals surface area contributed by atoms with Gasteiger partial charge in [0.05, 0.1) is 6.54 Å². The first-order chi connectivity index (χ1) is 15.3. The number of amides is 3. The Kier molecular flexibility index (Phi) is 8.00. The number of likely N-dealkylation sites (tertiary alicyclic amines) is 1. The molecule has 7 heteroatoms. The summed E-state index contributed by atoms with van der Waals surface area (Å²) in [7, 11) is 3.39. The highest BCUT2D eigenvalue weighted by atomic mass is 16.2. The maximum Gasteiger partial charge on any atom is 0.253 e. The van der Waals surface area contributed by atoms with Gasteiger partial charge in [-0.2, -0.15) is 0 Å². The number of hydrogen-bond acceptors (Lipinski definition) is 4. The van der Waals surface area contributed by atoms with Crippen molar-refractivity contribution in [3.8, 4) is 0 Å². The van der Waals surface area contributed by atoms with Crippen LogP contribution in [0, 0.1) is 5.92 Å². The minimum absolute atomic E-state index is 0.00227. The molecule has 0 spiro atoms. The normalized spacial score (nSPS) is 15.2. The van der Waals surface area contributed by atoms with Gasteiger partial charge in [-0.1, -0.05) is 37.3 Å². The van der Waals surface area contributed by atoms with Crippen molar-refractivity contribution in [2.75, 3.05) is 39.0 Å². The topological polar surface area (TPSA) is 81.8 Å². The van der Waals surface area contributed by atoms with Crippen LogP contribution in [0.4, 0.5) is 5.69 Å². The highest BCUT2D eigenvalue weighted by Gasteiger charge is 2.28. The zero-order chi connectivity index (χ0) is 23.1. The van der Waals surface area contributed by atoms with E-state index in [1.54, 1.807) is 38.4 Å². The van der Waals surface area contributed by atoms with E-state index in [1.807, 2.05) is 35.2 Å². The van der Waals surface area contributed by atoms with Crippen molar-refractivity contribution in [3.05, 3.63) is 65.7 Å². The zero-order valence-corrected chi connectivity index (χ0v) is 19.0. The van der Waals surface area contributed by atoms with Gasteiger partial charge in [0.15, 0.2) is 0 Å². The summed E-state index contributed by atoms with van der Waals surface area (Å²) in [6.07, 6.45) is 2.00. The molecule has 2 aromatic rings. The lowest BCUT2D eigenvalue weighted by molar-refractivity contribution is -0.135. The quantitative estimate of drug-likeness (QED) is 0.699. The summed E-state index contributed by atoms with van der Waals surface area (Å²) in [5, 5.41) is 5.96. The summed E-state index contributed by atoms with van der Waals surface area (Å²) in [6, 6.07) is 15.7. The standard InChI is InChI=1S/C25H32N4O3/c1-18-13-15-29(16-14-18)25(32)23(19-7-5-4-6-8-19)26-17-22(30)27-21-11-9-20(10-12-21)24(31)28(2)3/h4-12,18,23,26H,13-17H2,1-3H3,(H,27,30)/t23-/m1/s1. The highest BCUT2D eigenvalue weighted by Crippen LogP contribution is 2.21. The number of hydrogen-bond donors (Lipinski definition) is 2. The van der Waals surface area contributed by atoms with Gasteiger partial charge in [0.25, 0.3) is 5.91 Å². The molecular formula is C25H32N4O3. The van der Waals surface area contributed by atoms with E-state index in [4.69, 9.17) is 0 Å². The molecule has 32 heavy (non-hydrogen) atoms. The third-order valence-corrected chi connectivity index (χ3v) is 5.76. The lowest BCUT2D eigenvalue weighted by atomic mass is 9.97. The van der Waals surface area contributed by atoms with Gasteiger partial charge in [-0.3, -0.25) is 19.7 Å². The fourth-order valence-electron chi connectivity index (χ4n) is 3.76. The monoisotopic (exact) mass is 436 g/mol. The molecule has 1 atom stereocenters. The lowest BCUT2D eigenvalue weighted by Gasteiger charge is -2.33. The van der Waals surface area contributed by atoms with Crippen LogP contribution in [0.25, 0.3) is 0 Å². The van der Waals surface area contributed by atoms with Crippen molar-refractivity contribution in [2.24, 2.45) is 5.92 Å². The van der Waals surface area contributed by atoms with Gasteiger partial charge in [0, 0.05) is 38.4 Å². The van der Waals surface area contributed by atoms with E-state index < -0.39 is 6.04 Å². The first-order valence-electron chi connectivity index (χ1n) is 11.0. The van der Waals surface area contributed by atoms with E-state index in [0.29, 0.717) is 17.2 Å². The number of anilines is 1. The molecule has 0 unspecified atom stereocenters. The largest absolute Gasteiger partial charge is 0.345 e. The lowest BCUT2D eigenvalue weighted by Crippen LogP contribution is -2.46. The Morgan fingerprint density at radius 1 is 1.00 bits per heavy atom. The Hall–Kier alpha value is -3.19. The highest BCUT2D eigenvalue weighted by molar-refractivity contribution is 5.96. The van der Waals surface area contributed by atoms with Crippen molar-refractivity contribution >= 4 is 23.4 Å². The van der Waals surface area contributed by atoms with E-state index in [1.165, 1.54) is 4.90 Å². The second-order valence-electron chi connectivity index (χ2n) is 8.56. The van der Waals surface area contributed by atoms with E-state index in [9.17, 15) is 14.4 Å². The molecule has 1 saturated heterocycles. The molecule has 3 amide bonds. The van der Waals surface area contributed by atoms with Gasteiger partial charge in [0.2, 0.25) is 11.8 Å². The van der Waals surface area contributed by atoms with E-state index in [-0.39, 0.29) is 24.3 Å². The molecule has 170 valence electrons. The van der Waals surface area contributed by atoms with Crippen LogP contribution < -0.4 is 10.6 Å². The molecule has 7 nitrogen and oxygen atoms in total.